The molecule has 1 heterocycles. The van der Waals surface area contributed by atoms with E-state index in [1.165, 1.54) is 0 Å². The monoisotopic (exact) mass is 253 g/mol. The molecule has 0 atom stereocenters. The molecule has 0 saturated carbocycles. The molecule has 1 aromatic heterocycles. The molecule has 18 heavy (non-hydrogen) atoms. The van der Waals surface area contributed by atoms with Gasteiger partial charge in [0.2, 0.25) is 0 Å². The predicted octanol–water partition coefficient (Wildman–Crippen LogP) is 0.475. The Hall–Kier alpha value is -1.56. The van der Waals surface area contributed by atoms with Crippen molar-refractivity contribution in [3.63, 3.8) is 0 Å². The highest BCUT2D eigenvalue weighted by Crippen LogP contribution is 1.88. The zero-order chi connectivity index (χ0) is 13.1. The third kappa shape index (κ3) is 6.24. The maximum atomic E-state index is 5.25. The molecule has 6 heteroatoms. The van der Waals surface area contributed by atoms with Gasteiger partial charge in [-0.05, 0) is 13.3 Å². The van der Waals surface area contributed by atoms with Crippen LogP contribution in [-0.2, 0) is 11.3 Å². The number of ether oxygens (including phenoxy) is 1. The molecule has 0 fully saturated rings. The summed E-state index contributed by atoms with van der Waals surface area (Å²) in [7, 11) is 1.77. The first-order valence-corrected chi connectivity index (χ1v) is 6.34. The molecule has 6 nitrogen and oxygen atoms in total. The summed E-state index contributed by atoms with van der Waals surface area (Å²) in [5.41, 5.74) is 0. The molecule has 102 valence electrons. The van der Waals surface area contributed by atoms with Crippen molar-refractivity contribution in [2.24, 2.45) is 4.99 Å². The van der Waals surface area contributed by atoms with Crippen molar-refractivity contribution >= 4 is 5.96 Å². The molecule has 2 N–H and O–H groups in total. The van der Waals surface area contributed by atoms with Crippen molar-refractivity contribution in [2.75, 3.05) is 33.4 Å². The van der Waals surface area contributed by atoms with Gasteiger partial charge in [0.1, 0.15) is 0 Å². The molecular formula is C12H23N5O. The van der Waals surface area contributed by atoms with Gasteiger partial charge in [-0.15, -0.1) is 0 Å². The molecule has 1 rings (SSSR count). The van der Waals surface area contributed by atoms with E-state index in [0.717, 1.165) is 38.6 Å². The second-order valence-corrected chi connectivity index (χ2v) is 3.78. The van der Waals surface area contributed by atoms with Crippen LogP contribution in [0.4, 0.5) is 0 Å². The van der Waals surface area contributed by atoms with E-state index in [-0.39, 0.29) is 0 Å². The lowest BCUT2D eigenvalue weighted by Crippen LogP contribution is -2.39. The van der Waals surface area contributed by atoms with E-state index in [2.05, 4.69) is 25.2 Å². The first-order chi connectivity index (χ1) is 8.86. The standard InChI is InChI=1S/C12H23N5O/c1-3-18-10-7-16-12(13-2)15-5-4-8-17-9-6-14-11-17/h6,9,11H,3-5,7-8,10H2,1-2H3,(H2,13,15,16). The number of aromatic nitrogens is 2. The summed E-state index contributed by atoms with van der Waals surface area (Å²) in [5.74, 6) is 0.820. The third-order valence-corrected chi connectivity index (χ3v) is 2.41. The Labute approximate surface area is 108 Å². The van der Waals surface area contributed by atoms with Crippen molar-refractivity contribution in [1.82, 2.24) is 20.2 Å². The first kappa shape index (κ1) is 14.5. The molecule has 0 aliphatic heterocycles. The van der Waals surface area contributed by atoms with Crippen LogP contribution in [0.2, 0.25) is 0 Å². The van der Waals surface area contributed by atoms with Gasteiger partial charge in [0.15, 0.2) is 5.96 Å². The van der Waals surface area contributed by atoms with Gasteiger partial charge in [-0.1, -0.05) is 0 Å². The summed E-state index contributed by atoms with van der Waals surface area (Å²) in [6.07, 6.45) is 6.62. The average molecular weight is 253 g/mol. The van der Waals surface area contributed by atoms with E-state index in [0.29, 0.717) is 6.61 Å². The van der Waals surface area contributed by atoms with E-state index in [1.54, 1.807) is 13.2 Å². The van der Waals surface area contributed by atoms with Crippen LogP contribution < -0.4 is 10.6 Å². The molecule has 0 amide bonds. The number of nitrogens with zero attached hydrogens (tertiary/aromatic N) is 3. The Morgan fingerprint density at radius 3 is 2.89 bits per heavy atom. The minimum absolute atomic E-state index is 0.701. The third-order valence-electron chi connectivity index (χ3n) is 2.41. The van der Waals surface area contributed by atoms with Crippen molar-refractivity contribution in [2.45, 2.75) is 19.9 Å². The van der Waals surface area contributed by atoms with Crippen molar-refractivity contribution in [3.05, 3.63) is 18.7 Å². The number of guanidine groups is 1. The Balaban J connectivity index is 2.05. The van der Waals surface area contributed by atoms with Crippen LogP contribution in [0, 0.1) is 0 Å². The number of rotatable bonds is 8. The van der Waals surface area contributed by atoms with Gasteiger partial charge < -0.3 is 19.9 Å². The first-order valence-electron chi connectivity index (χ1n) is 6.34. The van der Waals surface area contributed by atoms with Gasteiger partial charge in [-0.25, -0.2) is 4.98 Å². The van der Waals surface area contributed by atoms with Crippen LogP contribution in [0.1, 0.15) is 13.3 Å². The average Bonchev–Trinajstić information content (AvgIpc) is 2.90. The zero-order valence-electron chi connectivity index (χ0n) is 11.2. The largest absolute Gasteiger partial charge is 0.380 e. The van der Waals surface area contributed by atoms with E-state index in [9.17, 15) is 0 Å². The quantitative estimate of drug-likeness (QED) is 0.402. The Kier molecular flexibility index (Phi) is 7.63. The molecule has 0 aromatic carbocycles. The van der Waals surface area contributed by atoms with Crippen LogP contribution in [0.3, 0.4) is 0 Å². The van der Waals surface area contributed by atoms with Crippen molar-refractivity contribution in [1.29, 1.82) is 0 Å². The molecule has 0 radical (unpaired) electrons. The summed E-state index contributed by atoms with van der Waals surface area (Å²) < 4.78 is 7.31. The van der Waals surface area contributed by atoms with Gasteiger partial charge >= 0.3 is 0 Å². The van der Waals surface area contributed by atoms with Gasteiger partial charge in [0.05, 0.1) is 12.9 Å². The molecular weight excluding hydrogens is 230 g/mol. The van der Waals surface area contributed by atoms with Crippen molar-refractivity contribution in [3.8, 4) is 0 Å². The molecule has 0 aliphatic carbocycles. The van der Waals surface area contributed by atoms with E-state index in [1.807, 2.05) is 19.4 Å². The van der Waals surface area contributed by atoms with Crippen LogP contribution in [0.25, 0.3) is 0 Å². The summed E-state index contributed by atoms with van der Waals surface area (Å²) >= 11 is 0. The maximum Gasteiger partial charge on any atom is 0.191 e. The normalized spacial score (nSPS) is 11.6. The van der Waals surface area contributed by atoms with E-state index >= 15 is 0 Å². The molecule has 1 aromatic rings. The maximum absolute atomic E-state index is 5.25. The molecule has 0 unspecified atom stereocenters. The molecule has 0 bridgehead atoms. The SMILES string of the molecule is CCOCCNC(=NC)NCCCn1ccnc1. The lowest BCUT2D eigenvalue weighted by molar-refractivity contribution is 0.152. The predicted molar refractivity (Wildman–Crippen MR) is 72.7 cm³/mol. The Bertz CT molecular complexity index is 323. The second-order valence-electron chi connectivity index (χ2n) is 3.78. The second kappa shape index (κ2) is 9.47. The lowest BCUT2D eigenvalue weighted by atomic mass is 10.4. The van der Waals surface area contributed by atoms with Crippen LogP contribution in [-0.4, -0.2) is 48.9 Å². The highest BCUT2D eigenvalue weighted by atomic mass is 16.5. The lowest BCUT2D eigenvalue weighted by Gasteiger charge is -2.11. The fourth-order valence-electron chi connectivity index (χ4n) is 1.49. The fraction of sp³-hybridized carbons (Fsp3) is 0.667. The smallest absolute Gasteiger partial charge is 0.191 e. The summed E-state index contributed by atoms with van der Waals surface area (Å²) in [4.78, 5) is 8.14. The number of aryl methyl sites for hydroxylation is 1. The molecule has 0 spiro atoms. The van der Waals surface area contributed by atoms with Gasteiger partial charge in [0.25, 0.3) is 0 Å². The van der Waals surface area contributed by atoms with Gasteiger partial charge in [-0.3, -0.25) is 4.99 Å². The summed E-state index contributed by atoms with van der Waals surface area (Å²) in [6.45, 7) is 6.05. The Morgan fingerprint density at radius 2 is 2.22 bits per heavy atom. The topological polar surface area (TPSA) is 63.5 Å². The minimum Gasteiger partial charge on any atom is -0.380 e. The van der Waals surface area contributed by atoms with Gasteiger partial charge in [-0.2, -0.15) is 0 Å². The number of nitrogens with one attached hydrogen (secondary N) is 2. The number of imidazole rings is 1. The van der Waals surface area contributed by atoms with Crippen LogP contribution in [0.15, 0.2) is 23.7 Å². The number of hydrogen-bond donors (Lipinski definition) is 2. The van der Waals surface area contributed by atoms with Crippen LogP contribution >= 0.6 is 0 Å². The fourth-order valence-corrected chi connectivity index (χ4v) is 1.49. The van der Waals surface area contributed by atoms with Crippen LogP contribution in [0.5, 0.6) is 0 Å². The van der Waals surface area contributed by atoms with E-state index < -0.39 is 0 Å². The zero-order valence-corrected chi connectivity index (χ0v) is 11.2. The molecule has 0 aliphatic rings. The number of aliphatic imine (C=N–C) groups is 1. The summed E-state index contributed by atoms with van der Waals surface area (Å²) in [6, 6.07) is 0. The minimum atomic E-state index is 0.701. The van der Waals surface area contributed by atoms with Gasteiger partial charge in [0, 0.05) is 45.7 Å². The highest BCUT2D eigenvalue weighted by Gasteiger charge is 1.96. The summed E-state index contributed by atoms with van der Waals surface area (Å²) in [5, 5.41) is 6.45. The highest BCUT2D eigenvalue weighted by molar-refractivity contribution is 5.79. The molecule has 0 saturated heterocycles. The number of hydrogen-bond acceptors (Lipinski definition) is 3. The van der Waals surface area contributed by atoms with E-state index in [4.69, 9.17) is 4.74 Å². The Morgan fingerprint density at radius 1 is 1.39 bits per heavy atom. The van der Waals surface area contributed by atoms with Crippen molar-refractivity contribution < 1.29 is 4.74 Å².